The Morgan fingerprint density at radius 2 is 2.24 bits per heavy atom. The Morgan fingerprint density at radius 3 is 2.76 bits per heavy atom. The topological polar surface area (TPSA) is 88.4 Å². The van der Waals surface area contributed by atoms with E-state index in [4.69, 9.17) is 0 Å². The zero-order valence-corrected chi connectivity index (χ0v) is 13.9. The molecule has 1 aromatic heterocycles. The molecular formula is C13H25N5O2S. The van der Waals surface area contributed by atoms with E-state index in [0.29, 0.717) is 18.9 Å². The van der Waals surface area contributed by atoms with Crippen molar-refractivity contribution >= 4 is 15.8 Å². The molecule has 1 unspecified atom stereocenters. The SMILES string of the molecule is CN=C(NCCn1cc(C)cn1)NC(C)CCS(C)(=O)=O. The molecule has 7 nitrogen and oxygen atoms in total. The lowest BCUT2D eigenvalue weighted by atomic mass is 10.3. The van der Waals surface area contributed by atoms with Gasteiger partial charge in [0.1, 0.15) is 9.84 Å². The van der Waals surface area contributed by atoms with Gasteiger partial charge in [0.05, 0.1) is 18.5 Å². The number of guanidine groups is 1. The molecule has 0 aliphatic heterocycles. The summed E-state index contributed by atoms with van der Waals surface area (Å²) in [6.07, 6.45) is 5.60. The highest BCUT2D eigenvalue weighted by Crippen LogP contribution is 1.96. The molecule has 0 saturated carbocycles. The largest absolute Gasteiger partial charge is 0.355 e. The normalized spacial score (nSPS) is 14.0. The van der Waals surface area contributed by atoms with E-state index >= 15 is 0 Å². The number of aromatic nitrogens is 2. The van der Waals surface area contributed by atoms with Crippen molar-refractivity contribution < 1.29 is 8.42 Å². The number of aliphatic imine (C=N–C) groups is 1. The molecule has 21 heavy (non-hydrogen) atoms. The second-order valence-electron chi connectivity index (χ2n) is 5.24. The number of hydrogen-bond acceptors (Lipinski definition) is 4. The Kier molecular flexibility index (Phi) is 6.67. The van der Waals surface area contributed by atoms with E-state index in [0.717, 1.165) is 12.1 Å². The van der Waals surface area contributed by atoms with Crippen LogP contribution in [0.15, 0.2) is 17.4 Å². The van der Waals surface area contributed by atoms with Crippen LogP contribution in [0.4, 0.5) is 0 Å². The molecule has 1 rings (SSSR count). The number of hydrogen-bond donors (Lipinski definition) is 2. The van der Waals surface area contributed by atoms with Crippen molar-refractivity contribution in [3.8, 4) is 0 Å². The summed E-state index contributed by atoms with van der Waals surface area (Å²) in [5.74, 6) is 0.838. The van der Waals surface area contributed by atoms with Crippen LogP contribution < -0.4 is 10.6 Å². The summed E-state index contributed by atoms with van der Waals surface area (Å²) in [6, 6.07) is 0.0397. The lowest BCUT2D eigenvalue weighted by molar-refractivity contribution is 0.571. The van der Waals surface area contributed by atoms with Gasteiger partial charge in [-0.1, -0.05) is 0 Å². The highest BCUT2D eigenvalue weighted by Gasteiger charge is 2.09. The van der Waals surface area contributed by atoms with Gasteiger partial charge in [-0.15, -0.1) is 0 Å². The van der Waals surface area contributed by atoms with Crippen molar-refractivity contribution in [3.63, 3.8) is 0 Å². The molecule has 1 heterocycles. The average molecular weight is 315 g/mol. The Bertz CT molecular complexity index is 565. The zero-order valence-electron chi connectivity index (χ0n) is 13.1. The third-order valence-corrected chi connectivity index (χ3v) is 3.90. The lowest BCUT2D eigenvalue weighted by Gasteiger charge is -2.17. The van der Waals surface area contributed by atoms with Crippen molar-refractivity contribution in [2.45, 2.75) is 32.9 Å². The molecule has 0 aliphatic rings. The first-order valence-electron chi connectivity index (χ1n) is 6.94. The van der Waals surface area contributed by atoms with Gasteiger partial charge >= 0.3 is 0 Å². The van der Waals surface area contributed by atoms with Crippen LogP contribution in [-0.2, 0) is 16.4 Å². The van der Waals surface area contributed by atoms with Crippen LogP contribution in [0.25, 0.3) is 0 Å². The van der Waals surface area contributed by atoms with Crippen LogP contribution >= 0.6 is 0 Å². The van der Waals surface area contributed by atoms with E-state index in [9.17, 15) is 8.42 Å². The molecule has 2 N–H and O–H groups in total. The molecule has 0 amide bonds. The van der Waals surface area contributed by atoms with Gasteiger partial charge in [-0.2, -0.15) is 5.10 Å². The lowest BCUT2D eigenvalue weighted by Crippen LogP contribution is -2.43. The minimum atomic E-state index is -2.92. The summed E-state index contributed by atoms with van der Waals surface area (Å²) in [4.78, 5) is 4.12. The van der Waals surface area contributed by atoms with E-state index in [1.807, 2.05) is 30.9 Å². The van der Waals surface area contributed by atoms with Crippen molar-refractivity contribution in [2.75, 3.05) is 25.6 Å². The van der Waals surface area contributed by atoms with Crippen molar-refractivity contribution in [1.29, 1.82) is 0 Å². The minimum absolute atomic E-state index is 0.0397. The van der Waals surface area contributed by atoms with Crippen LogP contribution in [0, 0.1) is 6.92 Å². The number of sulfone groups is 1. The van der Waals surface area contributed by atoms with Crippen molar-refractivity contribution in [3.05, 3.63) is 18.0 Å². The molecule has 0 fully saturated rings. The number of aryl methyl sites for hydroxylation is 1. The quantitative estimate of drug-likeness (QED) is 0.553. The number of rotatable bonds is 7. The van der Waals surface area contributed by atoms with Gasteiger partial charge in [0, 0.05) is 32.1 Å². The van der Waals surface area contributed by atoms with Crippen LogP contribution in [0.3, 0.4) is 0 Å². The third kappa shape index (κ3) is 7.69. The smallest absolute Gasteiger partial charge is 0.191 e. The molecule has 0 spiro atoms. The van der Waals surface area contributed by atoms with Gasteiger partial charge in [-0.25, -0.2) is 8.42 Å². The van der Waals surface area contributed by atoms with Gasteiger partial charge < -0.3 is 10.6 Å². The highest BCUT2D eigenvalue weighted by molar-refractivity contribution is 7.90. The summed E-state index contributed by atoms with van der Waals surface area (Å²) < 4.78 is 24.1. The Morgan fingerprint density at radius 1 is 1.52 bits per heavy atom. The van der Waals surface area contributed by atoms with Crippen LogP contribution in [0.1, 0.15) is 18.9 Å². The molecule has 0 aliphatic carbocycles. The predicted molar refractivity (Wildman–Crippen MR) is 85.3 cm³/mol. The molecular weight excluding hydrogens is 290 g/mol. The molecule has 8 heteroatoms. The fourth-order valence-electron chi connectivity index (χ4n) is 1.77. The van der Waals surface area contributed by atoms with Gasteiger partial charge in [-0.3, -0.25) is 9.67 Å². The molecule has 1 atom stereocenters. The maximum Gasteiger partial charge on any atom is 0.191 e. The van der Waals surface area contributed by atoms with Crippen molar-refractivity contribution in [2.24, 2.45) is 4.99 Å². The van der Waals surface area contributed by atoms with Crippen molar-refractivity contribution in [1.82, 2.24) is 20.4 Å². The molecule has 0 radical (unpaired) electrons. The first-order valence-corrected chi connectivity index (χ1v) is 9.00. The summed E-state index contributed by atoms with van der Waals surface area (Å²) >= 11 is 0. The summed E-state index contributed by atoms with van der Waals surface area (Å²) in [6.45, 7) is 5.38. The van der Waals surface area contributed by atoms with E-state index in [1.165, 1.54) is 6.26 Å². The van der Waals surface area contributed by atoms with Gasteiger partial charge in [-0.05, 0) is 25.8 Å². The van der Waals surface area contributed by atoms with Crippen LogP contribution in [-0.4, -0.2) is 55.8 Å². The summed E-state index contributed by atoms with van der Waals surface area (Å²) in [5.41, 5.74) is 1.13. The minimum Gasteiger partial charge on any atom is -0.355 e. The molecule has 1 aromatic rings. The van der Waals surface area contributed by atoms with Gasteiger partial charge in [0.15, 0.2) is 5.96 Å². The molecule has 0 saturated heterocycles. The van der Waals surface area contributed by atoms with E-state index < -0.39 is 9.84 Å². The number of nitrogens with one attached hydrogen (secondary N) is 2. The zero-order chi connectivity index (χ0) is 15.9. The summed E-state index contributed by atoms with van der Waals surface area (Å²) in [7, 11) is -1.23. The Hall–Kier alpha value is -1.57. The first-order chi connectivity index (χ1) is 9.80. The van der Waals surface area contributed by atoms with Gasteiger partial charge in [0.2, 0.25) is 0 Å². The maximum atomic E-state index is 11.1. The van der Waals surface area contributed by atoms with Gasteiger partial charge in [0.25, 0.3) is 0 Å². The van der Waals surface area contributed by atoms with E-state index in [1.54, 1.807) is 7.05 Å². The monoisotopic (exact) mass is 315 g/mol. The average Bonchev–Trinajstić information content (AvgIpc) is 2.80. The second-order valence-corrected chi connectivity index (χ2v) is 7.50. The van der Waals surface area contributed by atoms with E-state index in [-0.39, 0.29) is 11.8 Å². The number of nitrogens with zero attached hydrogens (tertiary/aromatic N) is 3. The molecule has 0 aromatic carbocycles. The highest BCUT2D eigenvalue weighted by atomic mass is 32.2. The second kappa shape index (κ2) is 8.02. The standard InChI is InChI=1S/C13H25N5O2S/c1-11-9-16-18(10-11)7-6-15-13(14-3)17-12(2)5-8-21(4,19)20/h9-10,12H,5-8H2,1-4H3,(H2,14,15,17). The fourth-order valence-corrected chi connectivity index (χ4v) is 2.55. The molecule has 0 bridgehead atoms. The van der Waals surface area contributed by atoms with E-state index in [2.05, 4.69) is 20.7 Å². The maximum absolute atomic E-state index is 11.1. The Balaban J connectivity index is 2.31. The van der Waals surface area contributed by atoms with Crippen LogP contribution in [0.2, 0.25) is 0 Å². The first kappa shape index (κ1) is 17.5. The fraction of sp³-hybridized carbons (Fsp3) is 0.692. The third-order valence-electron chi connectivity index (χ3n) is 2.92. The summed E-state index contributed by atoms with van der Waals surface area (Å²) in [5, 5.41) is 10.6. The molecule has 120 valence electrons. The Labute approximate surface area is 126 Å². The van der Waals surface area contributed by atoms with Crippen LogP contribution in [0.5, 0.6) is 0 Å². The predicted octanol–water partition coefficient (Wildman–Crippen LogP) is 0.180.